The van der Waals surface area contributed by atoms with E-state index >= 15 is 0 Å². The average molecular weight is 257 g/mol. The molecule has 1 aromatic heterocycles. The van der Waals surface area contributed by atoms with Crippen LogP contribution in [0.2, 0.25) is 0 Å². The molecule has 0 aliphatic rings. The Bertz CT molecular complexity index is 502. The Morgan fingerprint density at radius 1 is 1.21 bits per heavy atom. The molecule has 2 rings (SSSR count). The van der Waals surface area contributed by atoms with Crippen LogP contribution < -0.4 is 16.0 Å². The van der Waals surface area contributed by atoms with E-state index in [1.807, 2.05) is 30.5 Å². The number of benzene rings is 1. The van der Waals surface area contributed by atoms with Crippen LogP contribution in [-0.4, -0.2) is 18.1 Å². The first-order valence-corrected chi connectivity index (χ1v) is 6.30. The molecule has 1 unspecified atom stereocenters. The van der Waals surface area contributed by atoms with Gasteiger partial charge in [-0.3, -0.25) is 16.3 Å². The summed E-state index contributed by atoms with van der Waals surface area (Å²) in [5.41, 5.74) is 5.24. The van der Waals surface area contributed by atoms with E-state index < -0.39 is 0 Å². The minimum absolute atomic E-state index is 0.177. The molecular weight excluding hydrogens is 238 g/mol. The molecule has 19 heavy (non-hydrogen) atoms. The van der Waals surface area contributed by atoms with Gasteiger partial charge < -0.3 is 4.74 Å². The third-order valence-electron chi connectivity index (χ3n) is 3.06. The zero-order valence-electron chi connectivity index (χ0n) is 11.0. The lowest BCUT2D eigenvalue weighted by Crippen LogP contribution is -2.38. The fourth-order valence-corrected chi connectivity index (χ4v) is 2.08. The second-order valence-corrected chi connectivity index (χ2v) is 4.48. The molecule has 0 fully saturated rings. The number of rotatable bonds is 6. The lowest BCUT2D eigenvalue weighted by molar-refractivity contribution is 0.413. The van der Waals surface area contributed by atoms with Gasteiger partial charge in [0.25, 0.3) is 0 Å². The van der Waals surface area contributed by atoms with Crippen molar-refractivity contribution >= 4 is 0 Å². The number of methoxy groups -OCH3 is 1. The van der Waals surface area contributed by atoms with Crippen molar-refractivity contribution in [3.63, 3.8) is 0 Å². The molecule has 0 bridgehead atoms. The molecular formula is C15H19N3O. The third kappa shape index (κ3) is 4.05. The summed E-state index contributed by atoms with van der Waals surface area (Å²) in [6.45, 7) is 0. The molecule has 0 saturated heterocycles. The van der Waals surface area contributed by atoms with Gasteiger partial charge in [-0.15, -0.1) is 0 Å². The Balaban J connectivity index is 2.02. The number of hydrogen-bond donors (Lipinski definition) is 2. The molecule has 0 spiro atoms. The average Bonchev–Trinajstić information content (AvgIpc) is 2.48. The monoisotopic (exact) mass is 257 g/mol. The highest BCUT2D eigenvalue weighted by molar-refractivity contribution is 5.29. The summed E-state index contributed by atoms with van der Waals surface area (Å²) in [6.07, 6.45) is 5.34. The number of nitrogens with two attached hydrogens (primary N) is 1. The van der Waals surface area contributed by atoms with Crippen molar-refractivity contribution in [2.24, 2.45) is 5.84 Å². The van der Waals surface area contributed by atoms with Crippen LogP contribution in [0.4, 0.5) is 0 Å². The lowest BCUT2D eigenvalue weighted by Gasteiger charge is -2.16. The standard InChI is InChI=1S/C15H19N3O/c1-19-15-6-2-4-12(10-15)8-14(18-16)9-13-5-3-7-17-11-13/h2-7,10-11,14,18H,8-9,16H2,1H3. The smallest absolute Gasteiger partial charge is 0.119 e. The first kappa shape index (κ1) is 13.5. The first-order valence-electron chi connectivity index (χ1n) is 6.30. The normalized spacial score (nSPS) is 12.1. The maximum Gasteiger partial charge on any atom is 0.119 e. The van der Waals surface area contributed by atoms with Crippen LogP contribution >= 0.6 is 0 Å². The summed E-state index contributed by atoms with van der Waals surface area (Å²) in [4.78, 5) is 4.12. The Morgan fingerprint density at radius 3 is 2.68 bits per heavy atom. The topological polar surface area (TPSA) is 60.2 Å². The Labute approximate surface area is 113 Å². The van der Waals surface area contributed by atoms with E-state index in [0.29, 0.717) is 0 Å². The van der Waals surface area contributed by atoms with Gasteiger partial charge in [0.1, 0.15) is 5.75 Å². The Morgan fingerprint density at radius 2 is 2.00 bits per heavy atom. The second-order valence-electron chi connectivity index (χ2n) is 4.48. The van der Waals surface area contributed by atoms with Gasteiger partial charge in [0.15, 0.2) is 0 Å². The van der Waals surface area contributed by atoms with Crippen molar-refractivity contribution < 1.29 is 4.74 Å². The van der Waals surface area contributed by atoms with Gasteiger partial charge in [-0.1, -0.05) is 18.2 Å². The molecule has 100 valence electrons. The Hall–Kier alpha value is -1.91. The van der Waals surface area contributed by atoms with Gasteiger partial charge in [0, 0.05) is 18.4 Å². The highest BCUT2D eigenvalue weighted by atomic mass is 16.5. The third-order valence-corrected chi connectivity index (χ3v) is 3.06. The van der Waals surface area contributed by atoms with E-state index in [1.165, 1.54) is 11.1 Å². The molecule has 4 heteroatoms. The highest BCUT2D eigenvalue weighted by Gasteiger charge is 2.09. The predicted octanol–water partition coefficient (Wildman–Crippen LogP) is 1.71. The number of pyridine rings is 1. The van der Waals surface area contributed by atoms with Gasteiger partial charge in [0.05, 0.1) is 7.11 Å². The van der Waals surface area contributed by atoms with Crippen LogP contribution in [0.15, 0.2) is 48.8 Å². The SMILES string of the molecule is COc1cccc(CC(Cc2cccnc2)NN)c1. The molecule has 2 aromatic rings. The quantitative estimate of drug-likeness (QED) is 0.611. The minimum atomic E-state index is 0.177. The number of nitrogens with zero attached hydrogens (tertiary/aromatic N) is 1. The van der Waals surface area contributed by atoms with Gasteiger partial charge in [-0.05, 0) is 42.2 Å². The summed E-state index contributed by atoms with van der Waals surface area (Å²) >= 11 is 0. The van der Waals surface area contributed by atoms with E-state index in [1.54, 1.807) is 13.3 Å². The number of hydrazine groups is 1. The zero-order valence-corrected chi connectivity index (χ0v) is 11.0. The first-order chi connectivity index (χ1) is 9.31. The maximum absolute atomic E-state index is 5.64. The molecule has 0 aliphatic carbocycles. The summed E-state index contributed by atoms with van der Waals surface area (Å²) in [7, 11) is 1.67. The summed E-state index contributed by atoms with van der Waals surface area (Å²) < 4.78 is 5.23. The van der Waals surface area contributed by atoms with Gasteiger partial charge in [-0.25, -0.2) is 0 Å². The van der Waals surface area contributed by atoms with Crippen molar-refractivity contribution in [2.45, 2.75) is 18.9 Å². The van der Waals surface area contributed by atoms with Crippen LogP contribution in [0, 0.1) is 0 Å². The molecule has 0 saturated carbocycles. The van der Waals surface area contributed by atoms with Gasteiger partial charge >= 0.3 is 0 Å². The van der Waals surface area contributed by atoms with E-state index in [2.05, 4.69) is 22.5 Å². The molecule has 4 nitrogen and oxygen atoms in total. The molecule has 0 amide bonds. The largest absolute Gasteiger partial charge is 0.497 e. The van der Waals surface area contributed by atoms with E-state index in [-0.39, 0.29) is 6.04 Å². The number of nitrogens with one attached hydrogen (secondary N) is 1. The van der Waals surface area contributed by atoms with Crippen molar-refractivity contribution in [2.75, 3.05) is 7.11 Å². The van der Waals surface area contributed by atoms with Crippen molar-refractivity contribution in [1.29, 1.82) is 0 Å². The molecule has 1 atom stereocenters. The van der Waals surface area contributed by atoms with Crippen LogP contribution in [0.25, 0.3) is 0 Å². The summed E-state index contributed by atoms with van der Waals surface area (Å²) in [5.74, 6) is 6.51. The predicted molar refractivity (Wildman–Crippen MR) is 75.8 cm³/mol. The van der Waals surface area contributed by atoms with Crippen LogP contribution in [0.1, 0.15) is 11.1 Å². The second kappa shape index (κ2) is 6.87. The van der Waals surface area contributed by atoms with E-state index in [0.717, 1.165) is 18.6 Å². The lowest BCUT2D eigenvalue weighted by atomic mass is 10.0. The molecule has 0 radical (unpaired) electrons. The minimum Gasteiger partial charge on any atom is -0.497 e. The van der Waals surface area contributed by atoms with Crippen LogP contribution in [-0.2, 0) is 12.8 Å². The van der Waals surface area contributed by atoms with Crippen LogP contribution in [0.3, 0.4) is 0 Å². The molecule has 3 N–H and O–H groups in total. The van der Waals surface area contributed by atoms with Crippen LogP contribution in [0.5, 0.6) is 5.75 Å². The van der Waals surface area contributed by atoms with E-state index in [4.69, 9.17) is 10.6 Å². The van der Waals surface area contributed by atoms with Crippen molar-refractivity contribution in [3.05, 3.63) is 59.9 Å². The van der Waals surface area contributed by atoms with Crippen molar-refractivity contribution in [3.8, 4) is 5.75 Å². The van der Waals surface area contributed by atoms with Gasteiger partial charge in [0.2, 0.25) is 0 Å². The Kier molecular flexibility index (Phi) is 4.89. The number of ether oxygens (including phenoxy) is 1. The fraction of sp³-hybridized carbons (Fsp3) is 0.267. The summed E-state index contributed by atoms with van der Waals surface area (Å²) in [5, 5.41) is 0. The zero-order chi connectivity index (χ0) is 13.5. The number of hydrogen-bond acceptors (Lipinski definition) is 4. The molecule has 1 aromatic carbocycles. The highest BCUT2D eigenvalue weighted by Crippen LogP contribution is 2.15. The fourth-order valence-electron chi connectivity index (χ4n) is 2.08. The molecule has 1 heterocycles. The molecule has 0 aliphatic heterocycles. The van der Waals surface area contributed by atoms with Crippen molar-refractivity contribution in [1.82, 2.24) is 10.4 Å². The number of aromatic nitrogens is 1. The van der Waals surface area contributed by atoms with E-state index in [9.17, 15) is 0 Å². The summed E-state index contributed by atoms with van der Waals surface area (Å²) in [6, 6.07) is 12.2. The van der Waals surface area contributed by atoms with Gasteiger partial charge in [-0.2, -0.15) is 0 Å². The maximum atomic E-state index is 5.64.